The Morgan fingerprint density at radius 1 is 1.17 bits per heavy atom. The van der Waals surface area contributed by atoms with E-state index in [-0.39, 0.29) is 5.75 Å². The quantitative estimate of drug-likeness (QED) is 0.785. The molecule has 0 atom stereocenters. The maximum atomic E-state index is 11.6. The van der Waals surface area contributed by atoms with Gasteiger partial charge in [0.1, 0.15) is 5.75 Å². The number of hydrogen-bond donors (Lipinski definition) is 0. The van der Waals surface area contributed by atoms with Gasteiger partial charge in [0.25, 0.3) is 0 Å². The Labute approximate surface area is 109 Å². The lowest BCUT2D eigenvalue weighted by Crippen LogP contribution is -2.14. The maximum absolute atomic E-state index is 11.6. The largest absolute Gasteiger partial charge is 0.382 e. The van der Waals surface area contributed by atoms with Crippen LogP contribution < -0.4 is 4.18 Å². The van der Waals surface area contributed by atoms with Gasteiger partial charge >= 0.3 is 10.1 Å². The summed E-state index contributed by atoms with van der Waals surface area (Å²) in [5.41, 5.74) is 1.05. The van der Waals surface area contributed by atoms with Crippen molar-refractivity contribution >= 4 is 10.1 Å². The molecule has 1 fully saturated rings. The van der Waals surface area contributed by atoms with Crippen LogP contribution in [0.2, 0.25) is 0 Å². The van der Waals surface area contributed by atoms with E-state index in [1.165, 1.54) is 19.3 Å². The van der Waals surface area contributed by atoms with Gasteiger partial charge in [-0.2, -0.15) is 8.42 Å². The molecule has 1 aliphatic carbocycles. The Hall–Kier alpha value is -1.03. The Balaban J connectivity index is 2.25. The fourth-order valence-corrected chi connectivity index (χ4v) is 3.05. The van der Waals surface area contributed by atoms with Gasteiger partial charge in [-0.25, -0.2) is 0 Å². The van der Waals surface area contributed by atoms with Crippen molar-refractivity contribution < 1.29 is 12.6 Å². The third kappa shape index (κ3) is 3.25. The molecule has 0 heterocycles. The second-order valence-electron chi connectivity index (χ2n) is 4.80. The predicted molar refractivity (Wildman–Crippen MR) is 72.4 cm³/mol. The molecular weight excluding hydrogens is 248 g/mol. The molecule has 2 rings (SSSR count). The second kappa shape index (κ2) is 5.74. The lowest BCUT2D eigenvalue weighted by Gasteiger charge is -2.23. The summed E-state index contributed by atoms with van der Waals surface area (Å²) in [5.74, 6) is 0.972. The summed E-state index contributed by atoms with van der Waals surface area (Å²) in [6.07, 6.45) is 5.99. The van der Waals surface area contributed by atoms with Crippen LogP contribution in [-0.2, 0) is 10.1 Å². The van der Waals surface area contributed by atoms with E-state index in [4.69, 9.17) is 4.18 Å². The number of para-hydroxylation sites is 1. The second-order valence-corrected chi connectivity index (χ2v) is 6.66. The van der Waals surface area contributed by atoms with Crippen molar-refractivity contribution in [3.63, 3.8) is 0 Å². The molecule has 1 aliphatic rings. The molecule has 0 aromatic heterocycles. The van der Waals surface area contributed by atoms with Gasteiger partial charge in [0.05, 0.1) is 5.75 Å². The summed E-state index contributed by atoms with van der Waals surface area (Å²) in [6, 6.07) is 7.54. The SMILES string of the molecule is CCS(=O)(=O)Oc1ccccc1C1CCCCC1. The van der Waals surface area contributed by atoms with E-state index in [0.29, 0.717) is 11.7 Å². The molecule has 4 heteroatoms. The summed E-state index contributed by atoms with van der Waals surface area (Å²) in [4.78, 5) is 0. The van der Waals surface area contributed by atoms with Crippen molar-refractivity contribution in [3.8, 4) is 5.75 Å². The van der Waals surface area contributed by atoms with Crippen LogP contribution in [-0.4, -0.2) is 14.2 Å². The Kier molecular flexibility index (Phi) is 4.27. The molecule has 3 nitrogen and oxygen atoms in total. The minimum absolute atomic E-state index is 0.00595. The molecule has 18 heavy (non-hydrogen) atoms. The molecule has 0 aliphatic heterocycles. The Morgan fingerprint density at radius 3 is 2.50 bits per heavy atom. The highest BCUT2D eigenvalue weighted by Crippen LogP contribution is 2.37. The average Bonchev–Trinajstić information content (AvgIpc) is 2.40. The molecule has 0 N–H and O–H groups in total. The standard InChI is InChI=1S/C14H20O3S/c1-2-18(15,16)17-14-11-7-6-10-13(14)12-8-4-3-5-9-12/h6-7,10-12H,2-5,8-9H2,1H3. The van der Waals surface area contributed by atoms with E-state index in [1.807, 2.05) is 18.2 Å². The van der Waals surface area contributed by atoms with Crippen LogP contribution in [0.15, 0.2) is 24.3 Å². The molecule has 0 spiro atoms. The minimum Gasteiger partial charge on any atom is -0.382 e. The fraction of sp³-hybridized carbons (Fsp3) is 0.571. The lowest BCUT2D eigenvalue weighted by atomic mass is 9.84. The van der Waals surface area contributed by atoms with E-state index in [1.54, 1.807) is 13.0 Å². The zero-order chi connectivity index (χ0) is 13.0. The number of hydrogen-bond acceptors (Lipinski definition) is 3. The molecular formula is C14H20O3S. The topological polar surface area (TPSA) is 43.4 Å². The van der Waals surface area contributed by atoms with Crippen LogP contribution in [0.3, 0.4) is 0 Å². The maximum Gasteiger partial charge on any atom is 0.308 e. The van der Waals surface area contributed by atoms with Crippen molar-refractivity contribution in [3.05, 3.63) is 29.8 Å². The Morgan fingerprint density at radius 2 is 1.83 bits per heavy atom. The summed E-state index contributed by atoms with van der Waals surface area (Å²) in [7, 11) is -3.43. The van der Waals surface area contributed by atoms with Crippen molar-refractivity contribution in [1.82, 2.24) is 0 Å². The molecule has 0 saturated heterocycles. The molecule has 1 aromatic carbocycles. The first-order chi connectivity index (χ1) is 8.62. The van der Waals surface area contributed by atoms with Crippen LogP contribution in [0.1, 0.15) is 50.5 Å². The van der Waals surface area contributed by atoms with Crippen LogP contribution in [0.4, 0.5) is 0 Å². The fourth-order valence-electron chi connectivity index (χ4n) is 2.50. The van der Waals surface area contributed by atoms with E-state index >= 15 is 0 Å². The highest BCUT2D eigenvalue weighted by molar-refractivity contribution is 7.87. The van der Waals surface area contributed by atoms with Crippen molar-refractivity contribution in [2.45, 2.75) is 44.9 Å². The number of rotatable bonds is 4. The van der Waals surface area contributed by atoms with Gasteiger partial charge < -0.3 is 4.18 Å². The number of benzene rings is 1. The summed E-state index contributed by atoms with van der Waals surface area (Å²) < 4.78 is 28.4. The van der Waals surface area contributed by atoms with Gasteiger partial charge in [0, 0.05) is 0 Å². The minimum atomic E-state index is -3.43. The monoisotopic (exact) mass is 268 g/mol. The molecule has 1 aromatic rings. The molecule has 0 unspecified atom stereocenters. The van der Waals surface area contributed by atoms with Gasteiger partial charge in [-0.3, -0.25) is 0 Å². The van der Waals surface area contributed by atoms with E-state index in [0.717, 1.165) is 18.4 Å². The van der Waals surface area contributed by atoms with Crippen molar-refractivity contribution in [2.75, 3.05) is 5.75 Å². The van der Waals surface area contributed by atoms with Gasteiger partial charge in [-0.15, -0.1) is 0 Å². The first-order valence-corrected chi connectivity index (χ1v) is 8.21. The predicted octanol–water partition coefficient (Wildman–Crippen LogP) is 3.46. The lowest BCUT2D eigenvalue weighted by molar-refractivity contribution is 0.428. The average molecular weight is 268 g/mol. The Bertz CT molecular complexity index is 488. The van der Waals surface area contributed by atoms with Gasteiger partial charge in [-0.1, -0.05) is 37.5 Å². The van der Waals surface area contributed by atoms with Crippen LogP contribution in [0.5, 0.6) is 5.75 Å². The zero-order valence-corrected chi connectivity index (χ0v) is 11.6. The molecule has 0 amide bonds. The third-order valence-corrected chi connectivity index (χ3v) is 4.67. The summed E-state index contributed by atoms with van der Waals surface area (Å²) >= 11 is 0. The van der Waals surface area contributed by atoms with Crippen molar-refractivity contribution in [2.24, 2.45) is 0 Å². The van der Waals surface area contributed by atoms with E-state index < -0.39 is 10.1 Å². The summed E-state index contributed by atoms with van der Waals surface area (Å²) in [6.45, 7) is 1.60. The zero-order valence-electron chi connectivity index (χ0n) is 10.8. The third-order valence-electron chi connectivity index (χ3n) is 3.53. The van der Waals surface area contributed by atoms with Gasteiger partial charge in [0.15, 0.2) is 0 Å². The normalized spacial score (nSPS) is 17.6. The highest BCUT2D eigenvalue weighted by atomic mass is 32.2. The smallest absolute Gasteiger partial charge is 0.308 e. The highest BCUT2D eigenvalue weighted by Gasteiger charge is 2.21. The molecule has 100 valence electrons. The van der Waals surface area contributed by atoms with Crippen LogP contribution in [0, 0.1) is 0 Å². The first kappa shape index (κ1) is 13.4. The van der Waals surface area contributed by atoms with Gasteiger partial charge in [0.2, 0.25) is 0 Å². The first-order valence-electron chi connectivity index (χ1n) is 6.63. The molecule has 0 bridgehead atoms. The molecule has 0 radical (unpaired) electrons. The van der Waals surface area contributed by atoms with Gasteiger partial charge in [-0.05, 0) is 37.3 Å². The van der Waals surface area contributed by atoms with Crippen LogP contribution in [0.25, 0.3) is 0 Å². The van der Waals surface area contributed by atoms with Crippen molar-refractivity contribution in [1.29, 1.82) is 0 Å². The summed E-state index contributed by atoms with van der Waals surface area (Å²) in [5, 5.41) is 0. The van der Waals surface area contributed by atoms with E-state index in [2.05, 4.69) is 0 Å². The van der Waals surface area contributed by atoms with E-state index in [9.17, 15) is 8.42 Å². The van der Waals surface area contributed by atoms with Crippen LogP contribution >= 0.6 is 0 Å². The molecule has 1 saturated carbocycles.